The van der Waals surface area contributed by atoms with Crippen LogP contribution in [0.1, 0.15) is 42.1 Å². The zero-order valence-electron chi connectivity index (χ0n) is 20.5. The molecular formula is C28H34N2O4. The van der Waals surface area contributed by atoms with Crippen LogP contribution >= 0.6 is 0 Å². The lowest BCUT2D eigenvalue weighted by atomic mass is 9.93. The van der Waals surface area contributed by atoms with Gasteiger partial charge in [-0.1, -0.05) is 56.3 Å². The Morgan fingerprint density at radius 3 is 2.38 bits per heavy atom. The molecule has 0 radical (unpaired) electrons. The van der Waals surface area contributed by atoms with Crippen molar-refractivity contribution < 1.29 is 19.4 Å². The van der Waals surface area contributed by atoms with Crippen LogP contribution < -0.4 is 4.74 Å². The van der Waals surface area contributed by atoms with E-state index in [0.717, 1.165) is 29.8 Å². The number of ether oxygens (including phenoxy) is 1. The highest BCUT2D eigenvalue weighted by atomic mass is 16.5. The first-order valence-electron chi connectivity index (χ1n) is 11.7. The van der Waals surface area contributed by atoms with E-state index in [0.29, 0.717) is 31.0 Å². The Bertz CT molecular complexity index is 1080. The van der Waals surface area contributed by atoms with Crippen molar-refractivity contribution in [2.24, 2.45) is 0 Å². The fourth-order valence-corrected chi connectivity index (χ4v) is 4.29. The molecule has 0 saturated carbocycles. The number of hydrogen-bond donors (Lipinski definition) is 1. The fourth-order valence-electron chi connectivity index (χ4n) is 4.29. The highest BCUT2D eigenvalue weighted by Gasteiger charge is 2.46. The summed E-state index contributed by atoms with van der Waals surface area (Å²) in [4.78, 5) is 30.2. The molecule has 3 rings (SSSR count). The van der Waals surface area contributed by atoms with Crippen LogP contribution in [0.3, 0.4) is 0 Å². The van der Waals surface area contributed by atoms with Crippen LogP contribution in [0.4, 0.5) is 0 Å². The molecule has 34 heavy (non-hydrogen) atoms. The maximum Gasteiger partial charge on any atom is 0.295 e. The van der Waals surface area contributed by atoms with Crippen LogP contribution in [0, 0.1) is 13.8 Å². The van der Waals surface area contributed by atoms with Crippen LogP contribution in [0.5, 0.6) is 5.75 Å². The molecule has 0 aliphatic carbocycles. The number of hydrogen-bond acceptors (Lipinski definition) is 5. The molecule has 2 aromatic carbocycles. The van der Waals surface area contributed by atoms with Gasteiger partial charge < -0.3 is 19.6 Å². The first-order valence-corrected chi connectivity index (χ1v) is 11.7. The summed E-state index contributed by atoms with van der Waals surface area (Å²) in [7, 11) is 0. The molecule has 1 saturated heterocycles. The Labute approximate surface area is 202 Å². The number of rotatable bonds is 10. The molecule has 6 nitrogen and oxygen atoms in total. The third-order valence-electron chi connectivity index (χ3n) is 6.31. The van der Waals surface area contributed by atoms with Gasteiger partial charge in [-0.25, -0.2) is 0 Å². The number of Topliss-reactive ketones (excluding diaryl/α,β-unsaturated/α-hetero) is 1. The van der Waals surface area contributed by atoms with E-state index in [1.165, 1.54) is 0 Å². The Hall–Kier alpha value is -3.38. The van der Waals surface area contributed by atoms with Gasteiger partial charge in [-0.15, -0.1) is 0 Å². The van der Waals surface area contributed by atoms with Crippen molar-refractivity contribution in [2.45, 2.75) is 33.7 Å². The van der Waals surface area contributed by atoms with E-state index in [-0.39, 0.29) is 11.3 Å². The van der Waals surface area contributed by atoms with Gasteiger partial charge in [0.2, 0.25) is 0 Å². The average Bonchev–Trinajstić information content (AvgIpc) is 3.08. The summed E-state index contributed by atoms with van der Waals surface area (Å²) in [5, 5.41) is 11.3. The van der Waals surface area contributed by atoms with Crippen LogP contribution in [-0.4, -0.2) is 59.4 Å². The maximum atomic E-state index is 13.2. The number of likely N-dealkylation sites (N-methyl/N-ethyl adjacent to an activating group) is 1. The molecule has 0 bridgehead atoms. The Morgan fingerprint density at radius 1 is 1.12 bits per heavy atom. The summed E-state index contributed by atoms with van der Waals surface area (Å²) >= 11 is 0. The smallest absolute Gasteiger partial charge is 0.295 e. The number of carbonyl (C=O) groups is 2. The van der Waals surface area contributed by atoms with Gasteiger partial charge >= 0.3 is 0 Å². The largest absolute Gasteiger partial charge is 0.507 e. The molecule has 1 amide bonds. The summed E-state index contributed by atoms with van der Waals surface area (Å²) in [6.07, 6.45) is 1.66. The van der Waals surface area contributed by atoms with E-state index in [1.54, 1.807) is 29.2 Å². The molecule has 0 spiro atoms. The number of aliphatic hydroxyl groups is 1. The monoisotopic (exact) mass is 462 g/mol. The van der Waals surface area contributed by atoms with Crippen molar-refractivity contribution in [3.8, 4) is 5.75 Å². The molecule has 1 heterocycles. The van der Waals surface area contributed by atoms with Crippen molar-refractivity contribution in [1.82, 2.24) is 9.80 Å². The predicted molar refractivity (Wildman–Crippen MR) is 135 cm³/mol. The van der Waals surface area contributed by atoms with Crippen molar-refractivity contribution in [3.63, 3.8) is 0 Å². The minimum atomic E-state index is -0.658. The first kappa shape index (κ1) is 25.2. The molecule has 0 aromatic heterocycles. The summed E-state index contributed by atoms with van der Waals surface area (Å²) < 4.78 is 5.58. The number of aliphatic hydroxyl groups excluding tert-OH is 1. The third-order valence-corrected chi connectivity index (χ3v) is 6.31. The van der Waals surface area contributed by atoms with Crippen molar-refractivity contribution in [3.05, 3.63) is 82.9 Å². The van der Waals surface area contributed by atoms with Gasteiger partial charge in [0.1, 0.15) is 18.1 Å². The second-order valence-corrected chi connectivity index (χ2v) is 8.51. The zero-order valence-corrected chi connectivity index (χ0v) is 20.5. The van der Waals surface area contributed by atoms with Crippen LogP contribution in [0.15, 0.2) is 60.7 Å². The topological polar surface area (TPSA) is 70.1 Å². The van der Waals surface area contributed by atoms with Crippen molar-refractivity contribution >= 4 is 17.4 Å². The highest BCUT2D eigenvalue weighted by Crippen LogP contribution is 2.40. The summed E-state index contributed by atoms with van der Waals surface area (Å²) in [5.41, 5.74) is 3.25. The van der Waals surface area contributed by atoms with Crippen molar-refractivity contribution in [2.75, 3.05) is 32.8 Å². The number of likely N-dealkylation sites (tertiary alicyclic amines) is 1. The molecule has 0 unspecified atom stereocenters. The SMILES string of the molecule is C=CCOc1ccc(C(O)=C2C(=O)C(=O)N(CCN(CC)CC)[C@H]2c2ccc(C)cc2)c(C)c1. The number of carbonyl (C=O) groups excluding carboxylic acids is 2. The number of aryl methyl sites for hydroxylation is 2. The van der Waals surface area contributed by atoms with E-state index in [2.05, 4.69) is 25.3 Å². The minimum absolute atomic E-state index is 0.122. The number of ketones is 1. The van der Waals surface area contributed by atoms with Crippen LogP contribution in [0.2, 0.25) is 0 Å². The van der Waals surface area contributed by atoms with E-state index in [1.807, 2.05) is 38.1 Å². The summed E-state index contributed by atoms with van der Waals surface area (Å²) in [6.45, 7) is 14.7. The Kier molecular flexibility index (Phi) is 8.29. The zero-order chi connectivity index (χ0) is 24.8. The number of nitrogens with zero attached hydrogens (tertiary/aromatic N) is 2. The highest BCUT2D eigenvalue weighted by molar-refractivity contribution is 6.46. The Balaban J connectivity index is 2.08. The number of amides is 1. The molecule has 2 aromatic rings. The standard InChI is InChI=1S/C28H34N2O4/c1-6-17-34-22-13-14-23(20(5)18-22)26(31)24-25(21-11-9-19(4)10-12-21)30(28(33)27(24)32)16-15-29(7-2)8-3/h6,9-14,18,25,31H,1,7-8,15-17H2,2-5H3/t25-/m0/s1. The molecule has 6 heteroatoms. The molecule has 1 atom stereocenters. The summed E-state index contributed by atoms with van der Waals surface area (Å²) in [6, 6.07) is 12.4. The van der Waals surface area contributed by atoms with Crippen molar-refractivity contribution in [1.29, 1.82) is 0 Å². The second-order valence-electron chi connectivity index (χ2n) is 8.51. The van der Waals surface area contributed by atoms with Gasteiger partial charge in [-0.05, 0) is 56.3 Å². The lowest BCUT2D eigenvalue weighted by molar-refractivity contribution is -0.140. The first-order chi connectivity index (χ1) is 16.3. The van der Waals surface area contributed by atoms with E-state index in [4.69, 9.17) is 4.74 Å². The number of benzene rings is 2. The Morgan fingerprint density at radius 2 is 1.79 bits per heavy atom. The normalized spacial score (nSPS) is 17.4. The van der Waals surface area contributed by atoms with E-state index in [9.17, 15) is 14.7 Å². The predicted octanol–water partition coefficient (Wildman–Crippen LogP) is 4.63. The lowest BCUT2D eigenvalue weighted by Crippen LogP contribution is -2.38. The molecule has 1 fully saturated rings. The van der Waals surface area contributed by atoms with Gasteiger partial charge in [0.05, 0.1) is 11.6 Å². The van der Waals surface area contributed by atoms with Gasteiger partial charge in [-0.3, -0.25) is 9.59 Å². The van der Waals surface area contributed by atoms with E-state index >= 15 is 0 Å². The van der Waals surface area contributed by atoms with Gasteiger partial charge in [0.25, 0.3) is 11.7 Å². The van der Waals surface area contributed by atoms with Crippen LogP contribution in [-0.2, 0) is 9.59 Å². The van der Waals surface area contributed by atoms with Gasteiger partial charge in [0, 0.05) is 18.7 Å². The second kappa shape index (κ2) is 11.2. The van der Waals surface area contributed by atoms with E-state index < -0.39 is 17.7 Å². The fraction of sp³-hybridized carbons (Fsp3) is 0.357. The molecular weight excluding hydrogens is 428 g/mol. The van der Waals surface area contributed by atoms with Crippen LogP contribution in [0.25, 0.3) is 5.76 Å². The van der Waals surface area contributed by atoms with Gasteiger partial charge in [0.15, 0.2) is 0 Å². The molecule has 1 aliphatic rings. The molecule has 1 aliphatic heterocycles. The molecule has 180 valence electrons. The average molecular weight is 463 g/mol. The van der Waals surface area contributed by atoms with Gasteiger partial charge in [-0.2, -0.15) is 0 Å². The third kappa shape index (κ3) is 5.23. The summed E-state index contributed by atoms with van der Waals surface area (Å²) in [5.74, 6) is -0.761. The maximum absolute atomic E-state index is 13.2. The molecule has 1 N–H and O–H groups in total. The quantitative estimate of drug-likeness (QED) is 0.241. The lowest BCUT2D eigenvalue weighted by Gasteiger charge is -2.28. The minimum Gasteiger partial charge on any atom is -0.507 e.